The van der Waals surface area contributed by atoms with Crippen molar-refractivity contribution in [3.8, 4) is 0 Å². The van der Waals surface area contributed by atoms with Gasteiger partial charge >= 0.3 is 0 Å². The maximum absolute atomic E-state index is 5.88. The van der Waals surface area contributed by atoms with Gasteiger partial charge in [-0.2, -0.15) is 0 Å². The largest absolute Gasteiger partial charge is 0.379 e. The van der Waals surface area contributed by atoms with E-state index >= 15 is 0 Å². The van der Waals surface area contributed by atoms with Crippen molar-refractivity contribution in [1.29, 1.82) is 0 Å². The van der Waals surface area contributed by atoms with E-state index < -0.39 is 0 Å². The number of nitrogens with zero attached hydrogens (tertiary/aromatic N) is 4. The number of benzene rings is 1. The molecule has 7 heteroatoms. The van der Waals surface area contributed by atoms with Gasteiger partial charge < -0.3 is 9.64 Å². The van der Waals surface area contributed by atoms with E-state index in [2.05, 4.69) is 45.2 Å². The monoisotopic (exact) mass is 380 g/mol. The minimum Gasteiger partial charge on any atom is -0.379 e. The molecule has 134 valence electrons. The van der Waals surface area contributed by atoms with E-state index in [1.165, 1.54) is 5.56 Å². The summed E-state index contributed by atoms with van der Waals surface area (Å²) in [6.45, 7) is 5.89. The lowest BCUT2D eigenvalue weighted by Crippen LogP contribution is -2.35. The summed E-state index contributed by atoms with van der Waals surface area (Å²) in [5, 5.41) is 0.696. The number of anilines is 1. The van der Waals surface area contributed by atoms with Crippen LogP contribution in [0.4, 0.5) is 5.82 Å². The second-order valence-electron chi connectivity index (χ2n) is 6.13. The summed E-state index contributed by atoms with van der Waals surface area (Å²) >= 11 is 11.5. The molecule has 0 amide bonds. The van der Waals surface area contributed by atoms with E-state index in [0.717, 1.165) is 57.2 Å². The zero-order valence-electron chi connectivity index (χ0n) is 14.3. The van der Waals surface area contributed by atoms with Crippen LogP contribution in [0.3, 0.4) is 0 Å². The van der Waals surface area contributed by atoms with Gasteiger partial charge in [-0.05, 0) is 23.6 Å². The Morgan fingerprint density at radius 3 is 2.48 bits per heavy atom. The van der Waals surface area contributed by atoms with E-state index in [4.69, 9.17) is 27.9 Å². The fourth-order valence-corrected chi connectivity index (χ4v) is 3.40. The van der Waals surface area contributed by atoms with Gasteiger partial charge in [0, 0.05) is 38.8 Å². The van der Waals surface area contributed by atoms with Crippen molar-refractivity contribution >= 4 is 29.0 Å². The van der Waals surface area contributed by atoms with Crippen molar-refractivity contribution in [2.45, 2.75) is 13.0 Å². The number of hydrogen-bond acceptors (Lipinski definition) is 5. The molecule has 4 rings (SSSR count). The van der Waals surface area contributed by atoms with Gasteiger partial charge in [0.05, 0.1) is 13.2 Å². The fourth-order valence-electron chi connectivity index (χ4n) is 2.94. The highest BCUT2D eigenvalue weighted by Gasteiger charge is 2.21. The fraction of sp³-hybridized carbons (Fsp3) is 0.444. The number of likely N-dealkylation sites (N-methyl/N-ethyl adjacent to an activating group) is 1. The highest BCUT2D eigenvalue weighted by Crippen LogP contribution is 2.30. The molecule has 1 aromatic heterocycles. The van der Waals surface area contributed by atoms with Crippen LogP contribution in [-0.2, 0) is 17.7 Å². The third kappa shape index (κ3) is 5.05. The van der Waals surface area contributed by atoms with Crippen molar-refractivity contribution in [3.05, 3.63) is 51.9 Å². The van der Waals surface area contributed by atoms with Crippen LogP contribution in [0, 0.1) is 0 Å². The Balaban J connectivity index is 0.000000146. The molecule has 0 bridgehead atoms. The number of ether oxygens (including phenoxy) is 1. The Hall–Kier alpha value is -1.40. The zero-order chi connectivity index (χ0) is 17.6. The van der Waals surface area contributed by atoms with E-state index in [9.17, 15) is 0 Å². The summed E-state index contributed by atoms with van der Waals surface area (Å²) in [6.07, 6.45) is 0.905. The Bertz CT molecular complexity index is 693. The Labute approximate surface area is 158 Å². The highest BCUT2D eigenvalue weighted by molar-refractivity contribution is 6.32. The van der Waals surface area contributed by atoms with E-state index in [1.807, 2.05) is 11.9 Å². The molecule has 2 aromatic rings. The first-order chi connectivity index (χ1) is 12.1. The molecule has 0 saturated carbocycles. The first-order valence-corrected chi connectivity index (χ1v) is 9.16. The molecule has 0 aliphatic carbocycles. The Morgan fingerprint density at radius 1 is 1.04 bits per heavy atom. The zero-order valence-corrected chi connectivity index (χ0v) is 15.8. The van der Waals surface area contributed by atoms with Crippen LogP contribution >= 0.6 is 23.2 Å². The van der Waals surface area contributed by atoms with Gasteiger partial charge in [-0.1, -0.05) is 41.9 Å². The first kappa shape index (κ1) is 18.4. The predicted octanol–water partition coefficient (Wildman–Crippen LogP) is 3.29. The number of hydrogen-bond donors (Lipinski definition) is 0. The summed E-state index contributed by atoms with van der Waals surface area (Å²) in [6, 6.07) is 10.6. The van der Waals surface area contributed by atoms with Crippen LogP contribution < -0.4 is 4.90 Å². The molecule has 0 unspecified atom stereocenters. The lowest BCUT2D eigenvalue weighted by molar-refractivity contribution is 0.0342. The first-order valence-electron chi connectivity index (χ1n) is 8.40. The summed E-state index contributed by atoms with van der Waals surface area (Å²) in [5.41, 5.74) is 2.40. The summed E-state index contributed by atoms with van der Waals surface area (Å²) in [7, 11) is 1.96. The van der Waals surface area contributed by atoms with Crippen LogP contribution in [0.2, 0.25) is 10.4 Å². The van der Waals surface area contributed by atoms with E-state index in [0.29, 0.717) is 5.15 Å². The molecule has 2 aliphatic heterocycles. The van der Waals surface area contributed by atoms with Gasteiger partial charge in [0.2, 0.25) is 5.28 Å². The van der Waals surface area contributed by atoms with Crippen LogP contribution in [0.1, 0.15) is 11.1 Å². The second-order valence-corrected chi connectivity index (χ2v) is 6.83. The van der Waals surface area contributed by atoms with E-state index in [1.54, 1.807) is 0 Å². The smallest absolute Gasteiger partial charge is 0.225 e. The molecule has 1 fully saturated rings. The molecule has 0 radical (unpaired) electrons. The molecular weight excluding hydrogens is 359 g/mol. The molecule has 0 N–H and O–H groups in total. The minimum atomic E-state index is 0.215. The van der Waals surface area contributed by atoms with Crippen molar-refractivity contribution < 1.29 is 4.74 Å². The molecule has 25 heavy (non-hydrogen) atoms. The van der Waals surface area contributed by atoms with Gasteiger partial charge in [-0.15, -0.1) is 0 Å². The van der Waals surface area contributed by atoms with Crippen LogP contribution in [-0.4, -0.2) is 54.8 Å². The molecular formula is C18H22Cl2N4O. The summed E-state index contributed by atoms with van der Waals surface area (Å²) in [4.78, 5) is 12.4. The van der Waals surface area contributed by atoms with Crippen molar-refractivity contribution in [1.82, 2.24) is 14.9 Å². The van der Waals surface area contributed by atoms with Crippen LogP contribution in [0.5, 0.6) is 0 Å². The SMILES string of the molecule is CN1CCc2c(Cl)nc(Cl)nc21.c1ccc(CN2CCOCC2)cc1. The molecule has 1 aromatic carbocycles. The van der Waals surface area contributed by atoms with Crippen molar-refractivity contribution in [3.63, 3.8) is 0 Å². The maximum atomic E-state index is 5.88. The summed E-state index contributed by atoms with van der Waals surface area (Å²) < 4.78 is 5.30. The molecule has 5 nitrogen and oxygen atoms in total. The normalized spacial score (nSPS) is 17.0. The number of rotatable bonds is 2. The topological polar surface area (TPSA) is 41.5 Å². The lowest BCUT2D eigenvalue weighted by Gasteiger charge is -2.26. The Kier molecular flexibility index (Phi) is 6.48. The van der Waals surface area contributed by atoms with Gasteiger partial charge in [0.15, 0.2) is 0 Å². The predicted molar refractivity (Wildman–Crippen MR) is 102 cm³/mol. The third-order valence-corrected chi connectivity index (χ3v) is 4.80. The van der Waals surface area contributed by atoms with E-state index in [-0.39, 0.29) is 5.28 Å². The van der Waals surface area contributed by atoms with Crippen molar-refractivity contribution in [2.24, 2.45) is 0 Å². The third-order valence-electron chi connectivity index (χ3n) is 4.32. The van der Waals surface area contributed by atoms with Crippen molar-refractivity contribution in [2.75, 3.05) is 44.8 Å². The minimum absolute atomic E-state index is 0.215. The van der Waals surface area contributed by atoms with Gasteiger partial charge in [0.25, 0.3) is 0 Å². The number of fused-ring (bicyclic) bond motifs is 1. The van der Waals surface area contributed by atoms with Gasteiger partial charge in [-0.25, -0.2) is 9.97 Å². The maximum Gasteiger partial charge on any atom is 0.225 e. The standard InChI is InChI=1S/C11H15NO.C7H7Cl2N3/c1-2-4-11(5-3-1)10-12-6-8-13-9-7-12;1-12-3-2-4-5(8)10-7(9)11-6(4)12/h1-5H,6-10H2;2-3H2,1H3. The average Bonchev–Trinajstić information content (AvgIpc) is 2.99. The van der Waals surface area contributed by atoms with Gasteiger partial charge in [-0.3, -0.25) is 4.90 Å². The van der Waals surface area contributed by atoms with Crippen LogP contribution in [0.25, 0.3) is 0 Å². The highest BCUT2D eigenvalue weighted by atomic mass is 35.5. The van der Waals surface area contributed by atoms with Crippen LogP contribution in [0.15, 0.2) is 30.3 Å². The Morgan fingerprint density at radius 2 is 1.76 bits per heavy atom. The number of aromatic nitrogens is 2. The lowest BCUT2D eigenvalue weighted by atomic mass is 10.2. The number of halogens is 2. The average molecular weight is 381 g/mol. The second kappa shape index (κ2) is 8.81. The molecule has 1 saturated heterocycles. The molecule has 3 heterocycles. The molecule has 0 spiro atoms. The number of morpholine rings is 1. The quantitative estimate of drug-likeness (QED) is 0.590. The summed E-state index contributed by atoms with van der Waals surface area (Å²) in [5.74, 6) is 0.861. The molecule has 0 atom stereocenters. The molecule has 2 aliphatic rings. The van der Waals surface area contributed by atoms with Gasteiger partial charge in [0.1, 0.15) is 11.0 Å².